The van der Waals surface area contributed by atoms with E-state index < -0.39 is 0 Å². The monoisotopic (exact) mass is 495 g/mol. The Bertz CT molecular complexity index is 471. The van der Waals surface area contributed by atoms with E-state index >= 15 is 0 Å². The average molecular weight is 496 g/mol. The first kappa shape index (κ1) is 33.9. The fraction of sp³-hybridized carbons (Fsp3) is 0.933. The fourth-order valence-corrected chi connectivity index (χ4v) is 4.63. The van der Waals surface area contributed by atoms with Gasteiger partial charge in [0.1, 0.15) is 0 Å². The van der Waals surface area contributed by atoms with Crippen LogP contribution in [0.2, 0.25) is 0 Å². The Morgan fingerprint density at radius 3 is 1.40 bits per heavy atom. The lowest BCUT2D eigenvalue weighted by Crippen LogP contribution is -2.41. The number of unbranched alkanes of at least 4 members (excludes halogenated alkanes) is 18. The van der Waals surface area contributed by atoms with Gasteiger partial charge in [-0.15, -0.1) is 0 Å². The Morgan fingerprint density at radius 2 is 0.971 bits per heavy atom. The van der Waals surface area contributed by atoms with Crippen LogP contribution in [0.4, 0.5) is 0 Å². The van der Waals surface area contributed by atoms with Gasteiger partial charge in [-0.2, -0.15) is 0 Å². The molecule has 5 nitrogen and oxygen atoms in total. The van der Waals surface area contributed by atoms with Crippen molar-refractivity contribution in [3.8, 4) is 0 Å². The zero-order valence-corrected chi connectivity index (χ0v) is 23.7. The van der Waals surface area contributed by atoms with Crippen molar-refractivity contribution in [2.45, 2.75) is 155 Å². The Hall–Kier alpha value is -1.10. The number of hydrogen-bond donors (Lipinski definition) is 2. The molecule has 0 heterocycles. The van der Waals surface area contributed by atoms with Crippen molar-refractivity contribution in [3.05, 3.63) is 0 Å². The second-order valence-electron chi connectivity index (χ2n) is 10.4. The maximum atomic E-state index is 12.5. The number of carbonyl (C=O) groups is 2. The van der Waals surface area contributed by atoms with E-state index in [1.807, 2.05) is 4.90 Å². The molecule has 0 aromatic rings. The van der Waals surface area contributed by atoms with E-state index in [1.54, 1.807) is 0 Å². The summed E-state index contributed by atoms with van der Waals surface area (Å²) in [6.45, 7) is 6.64. The van der Waals surface area contributed by atoms with E-state index in [9.17, 15) is 9.59 Å². The van der Waals surface area contributed by atoms with E-state index in [0.29, 0.717) is 39.0 Å². The maximum Gasteiger partial charge on any atom is 0.222 e. The van der Waals surface area contributed by atoms with Crippen molar-refractivity contribution in [1.82, 2.24) is 10.2 Å². The molecule has 0 aliphatic carbocycles. The van der Waals surface area contributed by atoms with Crippen LogP contribution in [0.5, 0.6) is 0 Å². The number of nitrogens with one attached hydrogen (secondary N) is 1. The molecule has 0 unspecified atom stereocenters. The Balaban J connectivity index is 3.64. The van der Waals surface area contributed by atoms with Gasteiger partial charge in [-0.05, 0) is 12.8 Å². The van der Waals surface area contributed by atoms with E-state index in [4.69, 9.17) is 5.73 Å². The molecule has 5 heteroatoms. The SMILES string of the molecule is CCCCCCCCCCCCCCCC(=O)NCCN(CCN)C(=O)CCCCCCCCC. The van der Waals surface area contributed by atoms with Crippen LogP contribution in [-0.2, 0) is 9.59 Å². The molecule has 0 fully saturated rings. The molecule has 0 aromatic carbocycles. The van der Waals surface area contributed by atoms with Crippen LogP contribution in [0, 0.1) is 0 Å². The molecule has 208 valence electrons. The highest BCUT2D eigenvalue weighted by molar-refractivity contribution is 5.77. The van der Waals surface area contributed by atoms with Gasteiger partial charge in [0.15, 0.2) is 0 Å². The van der Waals surface area contributed by atoms with Gasteiger partial charge in [0, 0.05) is 39.0 Å². The highest BCUT2D eigenvalue weighted by atomic mass is 16.2. The summed E-state index contributed by atoms with van der Waals surface area (Å²) in [4.78, 5) is 26.5. The van der Waals surface area contributed by atoms with Gasteiger partial charge in [-0.3, -0.25) is 9.59 Å². The van der Waals surface area contributed by atoms with E-state index in [1.165, 1.54) is 103 Å². The minimum absolute atomic E-state index is 0.111. The molecule has 0 rings (SSSR count). The molecular formula is C30H61N3O2. The van der Waals surface area contributed by atoms with Gasteiger partial charge in [0.05, 0.1) is 0 Å². The van der Waals surface area contributed by atoms with Crippen molar-refractivity contribution >= 4 is 11.8 Å². The molecule has 35 heavy (non-hydrogen) atoms. The summed E-state index contributed by atoms with van der Waals surface area (Å²) in [5.74, 6) is 0.287. The zero-order chi connectivity index (χ0) is 25.8. The molecule has 0 saturated heterocycles. The summed E-state index contributed by atoms with van der Waals surface area (Å²) < 4.78 is 0. The van der Waals surface area contributed by atoms with Crippen molar-refractivity contribution in [2.75, 3.05) is 26.2 Å². The van der Waals surface area contributed by atoms with Gasteiger partial charge in [-0.1, -0.05) is 129 Å². The number of hydrogen-bond acceptors (Lipinski definition) is 3. The Labute approximate surface area is 218 Å². The first-order valence-electron chi connectivity index (χ1n) is 15.4. The first-order valence-corrected chi connectivity index (χ1v) is 15.4. The second kappa shape index (κ2) is 27.5. The van der Waals surface area contributed by atoms with E-state index in [0.717, 1.165) is 25.7 Å². The second-order valence-corrected chi connectivity index (χ2v) is 10.4. The standard InChI is InChI=1S/C30H61N3O2/c1-3-5-7-9-11-12-13-14-15-16-18-19-21-23-29(34)32-26-28-33(27-25-31)30(35)24-22-20-17-10-8-6-4-2/h3-28,31H2,1-2H3,(H,32,34). The zero-order valence-electron chi connectivity index (χ0n) is 23.7. The molecule has 0 aromatic heterocycles. The average Bonchev–Trinajstić information content (AvgIpc) is 2.85. The predicted octanol–water partition coefficient (Wildman–Crippen LogP) is 7.51. The minimum Gasteiger partial charge on any atom is -0.354 e. The summed E-state index contributed by atoms with van der Waals surface area (Å²) in [5, 5.41) is 2.99. The predicted molar refractivity (Wildman–Crippen MR) is 152 cm³/mol. The summed E-state index contributed by atoms with van der Waals surface area (Å²) in [6.07, 6.45) is 26.8. The van der Waals surface area contributed by atoms with Gasteiger partial charge in [0.25, 0.3) is 0 Å². The maximum absolute atomic E-state index is 12.5. The van der Waals surface area contributed by atoms with E-state index in [2.05, 4.69) is 19.2 Å². The van der Waals surface area contributed by atoms with Gasteiger partial charge in [0.2, 0.25) is 11.8 Å². The molecule has 0 bridgehead atoms. The molecule has 2 amide bonds. The normalized spacial score (nSPS) is 11.1. The van der Waals surface area contributed by atoms with Crippen LogP contribution in [0.1, 0.15) is 155 Å². The number of amides is 2. The quantitative estimate of drug-likeness (QED) is 0.116. The van der Waals surface area contributed by atoms with Crippen LogP contribution >= 0.6 is 0 Å². The number of nitrogens with zero attached hydrogens (tertiary/aromatic N) is 1. The third-order valence-electron chi connectivity index (χ3n) is 6.96. The minimum atomic E-state index is 0.111. The van der Waals surface area contributed by atoms with Crippen LogP contribution in [0.3, 0.4) is 0 Å². The summed E-state index contributed by atoms with van der Waals surface area (Å²) >= 11 is 0. The van der Waals surface area contributed by atoms with Gasteiger partial charge >= 0.3 is 0 Å². The van der Waals surface area contributed by atoms with Crippen LogP contribution in [0.25, 0.3) is 0 Å². The topological polar surface area (TPSA) is 75.4 Å². The van der Waals surface area contributed by atoms with Crippen LogP contribution in [0.15, 0.2) is 0 Å². The molecule has 0 radical (unpaired) electrons. The van der Waals surface area contributed by atoms with Gasteiger partial charge < -0.3 is 16.0 Å². The van der Waals surface area contributed by atoms with Crippen molar-refractivity contribution < 1.29 is 9.59 Å². The van der Waals surface area contributed by atoms with Crippen LogP contribution in [-0.4, -0.2) is 42.9 Å². The largest absolute Gasteiger partial charge is 0.354 e. The van der Waals surface area contributed by atoms with Crippen molar-refractivity contribution in [2.24, 2.45) is 5.73 Å². The molecule has 0 atom stereocenters. The lowest BCUT2D eigenvalue weighted by molar-refractivity contribution is -0.131. The summed E-state index contributed by atoms with van der Waals surface area (Å²) in [5.41, 5.74) is 5.70. The first-order chi connectivity index (χ1) is 17.2. The molecule has 0 spiro atoms. The van der Waals surface area contributed by atoms with E-state index in [-0.39, 0.29) is 11.8 Å². The fourth-order valence-electron chi connectivity index (χ4n) is 4.63. The van der Waals surface area contributed by atoms with Crippen LogP contribution < -0.4 is 11.1 Å². The summed E-state index contributed by atoms with van der Waals surface area (Å²) in [7, 11) is 0. The van der Waals surface area contributed by atoms with Crippen molar-refractivity contribution in [3.63, 3.8) is 0 Å². The molecular weight excluding hydrogens is 434 g/mol. The van der Waals surface area contributed by atoms with Gasteiger partial charge in [-0.25, -0.2) is 0 Å². The molecule has 0 saturated carbocycles. The third-order valence-corrected chi connectivity index (χ3v) is 6.96. The number of rotatable bonds is 27. The smallest absolute Gasteiger partial charge is 0.222 e. The number of nitrogens with two attached hydrogens (primary N) is 1. The highest BCUT2D eigenvalue weighted by Crippen LogP contribution is 2.13. The molecule has 3 N–H and O–H groups in total. The molecule has 0 aliphatic rings. The Morgan fingerprint density at radius 1 is 0.571 bits per heavy atom. The lowest BCUT2D eigenvalue weighted by atomic mass is 10.0. The number of carbonyl (C=O) groups excluding carboxylic acids is 2. The van der Waals surface area contributed by atoms with Crippen molar-refractivity contribution in [1.29, 1.82) is 0 Å². The highest BCUT2D eigenvalue weighted by Gasteiger charge is 2.12. The molecule has 0 aliphatic heterocycles. The Kier molecular flexibility index (Phi) is 26.6. The third kappa shape index (κ3) is 24.4. The summed E-state index contributed by atoms with van der Waals surface area (Å²) in [6, 6.07) is 0. The lowest BCUT2D eigenvalue weighted by Gasteiger charge is -2.22.